The summed E-state index contributed by atoms with van der Waals surface area (Å²) in [6.07, 6.45) is 6.35. The van der Waals surface area contributed by atoms with Crippen molar-refractivity contribution in [3.63, 3.8) is 0 Å². The number of hydrogen-bond donors (Lipinski definition) is 1. The van der Waals surface area contributed by atoms with Crippen molar-refractivity contribution in [3.05, 3.63) is 5.82 Å². The van der Waals surface area contributed by atoms with E-state index in [0.717, 1.165) is 11.8 Å². The first-order valence-electron chi connectivity index (χ1n) is 5.81. The Balaban J connectivity index is 2.38. The summed E-state index contributed by atoms with van der Waals surface area (Å²) < 4.78 is 2.11. The molecule has 1 aliphatic rings. The molecule has 1 fully saturated rings. The number of aromatic nitrogens is 3. The van der Waals surface area contributed by atoms with Crippen molar-refractivity contribution in [1.29, 1.82) is 0 Å². The summed E-state index contributed by atoms with van der Waals surface area (Å²) in [6.45, 7) is 2.26. The lowest BCUT2D eigenvalue weighted by Gasteiger charge is -2.26. The third kappa shape index (κ3) is 1.52. The summed E-state index contributed by atoms with van der Waals surface area (Å²) in [4.78, 5) is 0. The molecule has 4 heteroatoms. The second-order valence-corrected chi connectivity index (χ2v) is 4.50. The van der Waals surface area contributed by atoms with Gasteiger partial charge in [-0.2, -0.15) is 0 Å². The van der Waals surface area contributed by atoms with E-state index < -0.39 is 0 Å². The monoisotopic (exact) mass is 208 g/mol. The van der Waals surface area contributed by atoms with Crippen LogP contribution in [0.15, 0.2) is 0 Å². The quantitative estimate of drug-likeness (QED) is 0.827. The van der Waals surface area contributed by atoms with Crippen molar-refractivity contribution in [2.24, 2.45) is 7.05 Å². The van der Waals surface area contributed by atoms with E-state index in [4.69, 9.17) is 0 Å². The first-order chi connectivity index (χ1) is 7.23. The van der Waals surface area contributed by atoms with Gasteiger partial charge in [-0.15, -0.1) is 10.2 Å². The van der Waals surface area contributed by atoms with Gasteiger partial charge in [-0.25, -0.2) is 0 Å². The average molecular weight is 208 g/mol. The molecule has 1 aliphatic carbocycles. The minimum Gasteiger partial charge on any atom is -0.357 e. The van der Waals surface area contributed by atoms with Gasteiger partial charge in [0.1, 0.15) is 5.82 Å². The van der Waals surface area contributed by atoms with Crippen molar-refractivity contribution in [3.8, 4) is 0 Å². The van der Waals surface area contributed by atoms with Crippen molar-refractivity contribution in [1.82, 2.24) is 14.8 Å². The molecule has 15 heavy (non-hydrogen) atoms. The number of rotatable bonds is 3. The lowest BCUT2D eigenvalue weighted by Crippen LogP contribution is -2.25. The fraction of sp³-hybridized carbons (Fsp3) is 0.818. The molecule has 84 valence electrons. The van der Waals surface area contributed by atoms with Crippen molar-refractivity contribution >= 4 is 5.95 Å². The Bertz CT molecular complexity index is 336. The third-order valence-electron chi connectivity index (χ3n) is 3.81. The Morgan fingerprint density at radius 3 is 2.47 bits per heavy atom. The van der Waals surface area contributed by atoms with E-state index >= 15 is 0 Å². The molecule has 1 aromatic rings. The van der Waals surface area contributed by atoms with Crippen LogP contribution in [0.5, 0.6) is 0 Å². The first-order valence-corrected chi connectivity index (χ1v) is 5.81. The van der Waals surface area contributed by atoms with E-state index in [0.29, 0.717) is 0 Å². The predicted molar refractivity (Wildman–Crippen MR) is 61.0 cm³/mol. The highest BCUT2D eigenvalue weighted by Gasteiger charge is 2.38. The van der Waals surface area contributed by atoms with Crippen LogP contribution in [-0.4, -0.2) is 21.8 Å². The van der Waals surface area contributed by atoms with Gasteiger partial charge in [0.2, 0.25) is 5.95 Å². The molecule has 0 atom stereocenters. The maximum Gasteiger partial charge on any atom is 0.224 e. The molecular weight excluding hydrogens is 188 g/mol. The predicted octanol–water partition coefficient (Wildman–Crippen LogP) is 2.08. The van der Waals surface area contributed by atoms with Crippen LogP contribution in [0, 0.1) is 0 Å². The fourth-order valence-electron chi connectivity index (χ4n) is 2.80. The van der Waals surface area contributed by atoms with E-state index in [9.17, 15) is 0 Å². The Morgan fingerprint density at radius 2 is 2.00 bits per heavy atom. The van der Waals surface area contributed by atoms with Crippen LogP contribution in [0.3, 0.4) is 0 Å². The zero-order valence-electron chi connectivity index (χ0n) is 9.88. The van der Waals surface area contributed by atoms with Crippen LogP contribution in [0.4, 0.5) is 5.95 Å². The van der Waals surface area contributed by atoms with Gasteiger partial charge in [0.25, 0.3) is 0 Å². The van der Waals surface area contributed by atoms with E-state index in [1.165, 1.54) is 32.1 Å². The smallest absolute Gasteiger partial charge is 0.224 e. The van der Waals surface area contributed by atoms with E-state index in [-0.39, 0.29) is 5.41 Å². The molecule has 1 aromatic heterocycles. The summed E-state index contributed by atoms with van der Waals surface area (Å²) in [5.74, 6) is 2.02. The topological polar surface area (TPSA) is 42.7 Å². The Morgan fingerprint density at radius 1 is 1.33 bits per heavy atom. The van der Waals surface area contributed by atoms with Gasteiger partial charge in [-0.1, -0.05) is 19.8 Å². The Hall–Kier alpha value is -1.06. The van der Waals surface area contributed by atoms with Gasteiger partial charge >= 0.3 is 0 Å². The minimum absolute atomic E-state index is 0.289. The zero-order valence-corrected chi connectivity index (χ0v) is 9.88. The summed E-state index contributed by atoms with van der Waals surface area (Å²) in [6, 6.07) is 0. The Labute approximate surface area is 91.1 Å². The van der Waals surface area contributed by atoms with Crippen LogP contribution in [-0.2, 0) is 12.5 Å². The largest absolute Gasteiger partial charge is 0.357 e. The van der Waals surface area contributed by atoms with Crippen LogP contribution in [0.1, 0.15) is 44.9 Å². The molecule has 1 N–H and O–H groups in total. The van der Waals surface area contributed by atoms with Crippen molar-refractivity contribution in [2.75, 3.05) is 12.4 Å². The molecule has 0 aliphatic heterocycles. The van der Waals surface area contributed by atoms with Crippen molar-refractivity contribution in [2.45, 2.75) is 44.4 Å². The van der Waals surface area contributed by atoms with Gasteiger partial charge in [0, 0.05) is 19.5 Å². The average Bonchev–Trinajstić information content (AvgIpc) is 2.85. The van der Waals surface area contributed by atoms with Gasteiger partial charge in [-0.05, 0) is 19.3 Å². The molecule has 0 bridgehead atoms. The Kier molecular flexibility index (Phi) is 2.67. The van der Waals surface area contributed by atoms with E-state index in [2.05, 4.69) is 34.1 Å². The number of anilines is 1. The second kappa shape index (κ2) is 3.83. The van der Waals surface area contributed by atoms with E-state index in [1.54, 1.807) is 0 Å². The molecular formula is C11H20N4. The number of nitrogens with zero attached hydrogens (tertiary/aromatic N) is 3. The van der Waals surface area contributed by atoms with Crippen LogP contribution >= 0.6 is 0 Å². The maximum absolute atomic E-state index is 4.36. The summed E-state index contributed by atoms with van der Waals surface area (Å²) >= 11 is 0. The first kappa shape index (κ1) is 10.5. The highest BCUT2D eigenvalue weighted by molar-refractivity contribution is 5.27. The molecule has 1 saturated carbocycles. The SMILES string of the molecule is CCC1(c2nnc(NC)n2C)CCCC1. The van der Waals surface area contributed by atoms with Crippen LogP contribution < -0.4 is 5.32 Å². The van der Waals surface area contributed by atoms with Crippen LogP contribution in [0.25, 0.3) is 0 Å². The highest BCUT2D eigenvalue weighted by Crippen LogP contribution is 2.42. The number of hydrogen-bond acceptors (Lipinski definition) is 3. The standard InChI is InChI=1S/C11H20N4/c1-4-11(7-5-6-8-11)9-13-14-10(12-2)15(9)3/h4-8H2,1-3H3,(H,12,14). The molecule has 1 heterocycles. The second-order valence-electron chi connectivity index (χ2n) is 4.50. The zero-order chi connectivity index (χ0) is 10.9. The summed E-state index contributed by atoms with van der Waals surface area (Å²) in [5.41, 5.74) is 0.289. The van der Waals surface area contributed by atoms with Crippen LogP contribution in [0.2, 0.25) is 0 Å². The molecule has 0 saturated heterocycles. The highest BCUT2D eigenvalue weighted by atomic mass is 15.3. The maximum atomic E-state index is 4.36. The summed E-state index contributed by atoms with van der Waals surface area (Å²) in [7, 11) is 3.94. The van der Waals surface area contributed by atoms with E-state index in [1.807, 2.05) is 7.05 Å². The molecule has 0 amide bonds. The van der Waals surface area contributed by atoms with Gasteiger partial charge < -0.3 is 9.88 Å². The van der Waals surface area contributed by atoms with Gasteiger partial charge in [-0.3, -0.25) is 0 Å². The minimum atomic E-state index is 0.289. The van der Waals surface area contributed by atoms with Crippen molar-refractivity contribution < 1.29 is 0 Å². The van der Waals surface area contributed by atoms with Gasteiger partial charge in [0.15, 0.2) is 0 Å². The van der Waals surface area contributed by atoms with Gasteiger partial charge in [0.05, 0.1) is 0 Å². The molecule has 0 unspecified atom stereocenters. The fourth-order valence-corrected chi connectivity index (χ4v) is 2.80. The number of nitrogens with one attached hydrogen (secondary N) is 1. The molecule has 2 rings (SSSR count). The molecule has 4 nitrogen and oxygen atoms in total. The lowest BCUT2D eigenvalue weighted by molar-refractivity contribution is 0.386. The molecule has 0 radical (unpaired) electrons. The summed E-state index contributed by atoms with van der Waals surface area (Å²) in [5, 5.41) is 11.6. The normalized spacial score (nSPS) is 19.4. The third-order valence-corrected chi connectivity index (χ3v) is 3.81. The molecule has 0 aromatic carbocycles. The molecule has 0 spiro atoms. The lowest BCUT2D eigenvalue weighted by atomic mass is 9.82.